The predicted octanol–water partition coefficient (Wildman–Crippen LogP) is 1.63. The van der Waals surface area contributed by atoms with Gasteiger partial charge in [-0.1, -0.05) is 13.3 Å². The van der Waals surface area contributed by atoms with E-state index in [4.69, 9.17) is 4.42 Å². The van der Waals surface area contributed by atoms with Crippen LogP contribution < -0.4 is 10.2 Å². The van der Waals surface area contributed by atoms with Crippen LogP contribution in [0.5, 0.6) is 0 Å². The molecule has 1 aromatic rings. The quantitative estimate of drug-likeness (QED) is 0.818. The third-order valence-corrected chi connectivity index (χ3v) is 3.03. The first-order valence-electron chi connectivity index (χ1n) is 5.67. The Balaban J connectivity index is 1.97. The number of anilines is 1. The first-order valence-corrected chi connectivity index (χ1v) is 5.67. The lowest BCUT2D eigenvalue weighted by Gasteiger charge is -2.12. The maximum atomic E-state index is 5.47. The van der Waals surface area contributed by atoms with E-state index in [9.17, 15) is 0 Å². The van der Waals surface area contributed by atoms with Gasteiger partial charge in [0.15, 0.2) is 0 Å². The number of hydrogen-bond donors (Lipinski definition) is 1. The van der Waals surface area contributed by atoms with Gasteiger partial charge < -0.3 is 14.6 Å². The van der Waals surface area contributed by atoms with Gasteiger partial charge in [-0.3, -0.25) is 0 Å². The SMILES string of the molecule is CCC1CCN(c2nc(CNC)co2)C1. The lowest BCUT2D eigenvalue weighted by atomic mass is 10.1. The van der Waals surface area contributed by atoms with E-state index in [1.807, 2.05) is 7.05 Å². The third-order valence-electron chi connectivity index (χ3n) is 3.03. The van der Waals surface area contributed by atoms with Crippen molar-refractivity contribution in [3.63, 3.8) is 0 Å². The molecule has 0 amide bonds. The van der Waals surface area contributed by atoms with Crippen molar-refractivity contribution in [2.24, 2.45) is 5.92 Å². The molecule has 1 saturated heterocycles. The molecule has 0 saturated carbocycles. The highest BCUT2D eigenvalue weighted by molar-refractivity contribution is 5.28. The highest BCUT2D eigenvalue weighted by Gasteiger charge is 2.24. The minimum absolute atomic E-state index is 0.772. The number of oxazole rings is 1. The molecule has 1 aromatic heterocycles. The van der Waals surface area contributed by atoms with Crippen LogP contribution in [0.15, 0.2) is 10.7 Å². The van der Waals surface area contributed by atoms with Gasteiger partial charge in [0, 0.05) is 19.6 Å². The molecule has 15 heavy (non-hydrogen) atoms. The third kappa shape index (κ3) is 2.31. The summed E-state index contributed by atoms with van der Waals surface area (Å²) in [4.78, 5) is 6.69. The number of aromatic nitrogens is 1. The van der Waals surface area contributed by atoms with Crippen molar-refractivity contribution in [3.05, 3.63) is 12.0 Å². The zero-order chi connectivity index (χ0) is 10.7. The molecule has 2 heterocycles. The second-order valence-corrected chi connectivity index (χ2v) is 4.16. The van der Waals surface area contributed by atoms with E-state index in [0.29, 0.717) is 0 Å². The molecule has 4 nitrogen and oxygen atoms in total. The first kappa shape index (κ1) is 10.5. The zero-order valence-electron chi connectivity index (χ0n) is 9.49. The van der Waals surface area contributed by atoms with Crippen molar-refractivity contribution in [2.45, 2.75) is 26.3 Å². The van der Waals surface area contributed by atoms with Crippen molar-refractivity contribution >= 4 is 6.01 Å². The molecule has 1 atom stereocenters. The van der Waals surface area contributed by atoms with Gasteiger partial charge in [0.1, 0.15) is 6.26 Å². The van der Waals surface area contributed by atoms with E-state index < -0.39 is 0 Å². The fourth-order valence-corrected chi connectivity index (χ4v) is 2.04. The Bertz CT molecular complexity index is 311. The van der Waals surface area contributed by atoms with Crippen molar-refractivity contribution in [1.82, 2.24) is 10.3 Å². The first-order chi connectivity index (χ1) is 7.33. The number of rotatable bonds is 4. The van der Waals surface area contributed by atoms with E-state index in [-0.39, 0.29) is 0 Å². The van der Waals surface area contributed by atoms with Crippen LogP contribution in [0, 0.1) is 5.92 Å². The lowest BCUT2D eigenvalue weighted by Crippen LogP contribution is -2.19. The van der Waals surface area contributed by atoms with Gasteiger partial charge in [0.25, 0.3) is 6.01 Å². The molecular weight excluding hydrogens is 190 g/mol. The van der Waals surface area contributed by atoms with E-state index >= 15 is 0 Å². The molecule has 0 aliphatic carbocycles. The second-order valence-electron chi connectivity index (χ2n) is 4.16. The van der Waals surface area contributed by atoms with E-state index in [1.165, 1.54) is 12.8 Å². The molecule has 84 valence electrons. The van der Waals surface area contributed by atoms with Crippen LogP contribution in [0.25, 0.3) is 0 Å². The Hall–Kier alpha value is -1.03. The standard InChI is InChI=1S/C11H19N3O/c1-3-9-4-5-14(7-9)11-13-10(6-12-2)8-15-11/h8-9,12H,3-7H2,1-2H3. The molecule has 1 unspecified atom stereocenters. The Morgan fingerprint density at radius 3 is 3.20 bits per heavy atom. The summed E-state index contributed by atoms with van der Waals surface area (Å²) in [5.74, 6) is 0.810. The van der Waals surface area contributed by atoms with Gasteiger partial charge >= 0.3 is 0 Å². The van der Waals surface area contributed by atoms with Crippen LogP contribution in [-0.2, 0) is 6.54 Å². The predicted molar refractivity (Wildman–Crippen MR) is 59.9 cm³/mol. The van der Waals surface area contributed by atoms with Gasteiger partial charge in [0.2, 0.25) is 0 Å². The van der Waals surface area contributed by atoms with Crippen molar-refractivity contribution in [2.75, 3.05) is 25.0 Å². The smallest absolute Gasteiger partial charge is 0.297 e. The molecule has 1 aliphatic heterocycles. The fraction of sp³-hybridized carbons (Fsp3) is 0.727. The van der Waals surface area contributed by atoms with E-state index in [2.05, 4.69) is 22.1 Å². The highest BCUT2D eigenvalue weighted by Crippen LogP contribution is 2.24. The Kier molecular flexibility index (Phi) is 3.26. The average molecular weight is 209 g/mol. The monoisotopic (exact) mass is 209 g/mol. The van der Waals surface area contributed by atoms with Gasteiger partial charge in [-0.05, 0) is 19.4 Å². The fourth-order valence-electron chi connectivity index (χ4n) is 2.04. The molecule has 0 radical (unpaired) electrons. The summed E-state index contributed by atoms with van der Waals surface area (Å²) in [5.41, 5.74) is 0.979. The van der Waals surface area contributed by atoms with Crippen LogP contribution in [0.4, 0.5) is 6.01 Å². The topological polar surface area (TPSA) is 41.3 Å². The van der Waals surface area contributed by atoms with Crippen LogP contribution in [0.2, 0.25) is 0 Å². The molecule has 2 rings (SSSR count). The largest absolute Gasteiger partial charge is 0.432 e. The second kappa shape index (κ2) is 4.66. The highest BCUT2D eigenvalue weighted by atomic mass is 16.4. The summed E-state index contributed by atoms with van der Waals surface area (Å²) >= 11 is 0. The summed E-state index contributed by atoms with van der Waals surface area (Å²) in [6, 6.07) is 0.788. The molecule has 4 heteroatoms. The summed E-state index contributed by atoms with van der Waals surface area (Å²) in [7, 11) is 1.91. The van der Waals surface area contributed by atoms with Crippen molar-refractivity contribution < 1.29 is 4.42 Å². The average Bonchev–Trinajstić information content (AvgIpc) is 2.85. The Labute approximate surface area is 90.7 Å². The minimum Gasteiger partial charge on any atom is -0.432 e. The maximum Gasteiger partial charge on any atom is 0.297 e. The van der Waals surface area contributed by atoms with Gasteiger partial charge in [-0.15, -0.1) is 0 Å². The van der Waals surface area contributed by atoms with Gasteiger partial charge in [-0.2, -0.15) is 4.98 Å². The number of nitrogens with zero attached hydrogens (tertiary/aromatic N) is 2. The maximum absolute atomic E-state index is 5.47. The molecule has 1 aliphatic rings. The molecule has 1 fully saturated rings. The molecule has 0 bridgehead atoms. The summed E-state index contributed by atoms with van der Waals surface area (Å²) in [5, 5.41) is 3.07. The summed E-state index contributed by atoms with van der Waals surface area (Å²) in [6.07, 6.45) is 4.26. The van der Waals surface area contributed by atoms with E-state index in [0.717, 1.165) is 37.3 Å². The van der Waals surface area contributed by atoms with Crippen LogP contribution in [0.3, 0.4) is 0 Å². The molecular formula is C11H19N3O. The van der Waals surface area contributed by atoms with Crippen molar-refractivity contribution in [1.29, 1.82) is 0 Å². The number of nitrogens with one attached hydrogen (secondary N) is 1. The van der Waals surface area contributed by atoms with Gasteiger partial charge in [-0.25, -0.2) is 0 Å². The number of hydrogen-bond acceptors (Lipinski definition) is 4. The van der Waals surface area contributed by atoms with Crippen molar-refractivity contribution in [3.8, 4) is 0 Å². The van der Waals surface area contributed by atoms with E-state index in [1.54, 1.807) is 6.26 Å². The normalized spacial score (nSPS) is 21.2. The van der Waals surface area contributed by atoms with Crippen LogP contribution in [0.1, 0.15) is 25.5 Å². The zero-order valence-corrected chi connectivity index (χ0v) is 9.49. The summed E-state index contributed by atoms with van der Waals surface area (Å²) < 4.78 is 5.47. The Morgan fingerprint density at radius 1 is 1.67 bits per heavy atom. The molecule has 0 spiro atoms. The van der Waals surface area contributed by atoms with Crippen LogP contribution in [-0.4, -0.2) is 25.1 Å². The van der Waals surface area contributed by atoms with Crippen LogP contribution >= 0.6 is 0 Å². The minimum atomic E-state index is 0.772. The van der Waals surface area contributed by atoms with Gasteiger partial charge in [0.05, 0.1) is 5.69 Å². The lowest BCUT2D eigenvalue weighted by molar-refractivity contribution is 0.532. The molecule has 1 N–H and O–H groups in total. The Morgan fingerprint density at radius 2 is 2.53 bits per heavy atom. The molecule has 0 aromatic carbocycles. The summed E-state index contributed by atoms with van der Waals surface area (Å²) in [6.45, 7) is 5.19.